The lowest BCUT2D eigenvalue weighted by atomic mass is 9.90. The van der Waals surface area contributed by atoms with Gasteiger partial charge in [-0.2, -0.15) is 5.26 Å². The first-order valence-electron chi connectivity index (χ1n) is 9.32. The van der Waals surface area contributed by atoms with Gasteiger partial charge in [0.2, 0.25) is 5.91 Å². The number of rotatable bonds is 6. The molecule has 2 aliphatic rings. The molecule has 1 aliphatic carbocycles. The Kier molecular flexibility index (Phi) is 6.30. The predicted octanol–water partition coefficient (Wildman–Crippen LogP) is 3.28. The highest BCUT2D eigenvalue weighted by Gasteiger charge is 2.36. The summed E-state index contributed by atoms with van der Waals surface area (Å²) >= 11 is 0. The van der Waals surface area contributed by atoms with E-state index in [1.165, 1.54) is 12.8 Å². The molecular formula is C20H26N2O3. The van der Waals surface area contributed by atoms with Crippen LogP contribution in [0.25, 0.3) is 0 Å². The number of carbonyl (C=O) groups is 1. The van der Waals surface area contributed by atoms with Crippen LogP contribution in [0, 0.1) is 11.3 Å². The van der Waals surface area contributed by atoms with E-state index < -0.39 is 0 Å². The molecule has 1 aromatic rings. The van der Waals surface area contributed by atoms with E-state index in [4.69, 9.17) is 14.7 Å². The average molecular weight is 342 g/mol. The molecule has 1 heterocycles. The van der Waals surface area contributed by atoms with E-state index in [9.17, 15) is 4.79 Å². The lowest BCUT2D eigenvalue weighted by molar-refractivity contribution is -0.149. The fraction of sp³-hybridized carbons (Fsp3) is 0.600. The molecule has 1 amide bonds. The lowest BCUT2D eigenvalue weighted by Crippen LogP contribution is -2.54. The molecule has 2 atom stereocenters. The van der Waals surface area contributed by atoms with Gasteiger partial charge >= 0.3 is 0 Å². The van der Waals surface area contributed by atoms with Gasteiger partial charge in [0.25, 0.3) is 0 Å². The monoisotopic (exact) mass is 342 g/mol. The van der Waals surface area contributed by atoms with E-state index >= 15 is 0 Å². The van der Waals surface area contributed by atoms with Crippen LogP contribution in [0.4, 0.5) is 0 Å². The number of amides is 1. The number of hydrogen-bond acceptors (Lipinski definition) is 4. The molecule has 2 fully saturated rings. The van der Waals surface area contributed by atoms with Crippen molar-refractivity contribution in [2.75, 3.05) is 19.8 Å². The third-order valence-corrected chi connectivity index (χ3v) is 5.07. The van der Waals surface area contributed by atoms with Gasteiger partial charge in [-0.3, -0.25) is 4.79 Å². The zero-order chi connectivity index (χ0) is 17.5. The van der Waals surface area contributed by atoms with Gasteiger partial charge in [0.05, 0.1) is 37.0 Å². The summed E-state index contributed by atoms with van der Waals surface area (Å²) in [7, 11) is 0. The molecule has 2 unspecified atom stereocenters. The van der Waals surface area contributed by atoms with E-state index in [1.54, 1.807) is 12.1 Å². The molecule has 5 heteroatoms. The maximum Gasteiger partial charge on any atom is 0.222 e. The van der Waals surface area contributed by atoms with Crippen molar-refractivity contribution in [2.24, 2.45) is 0 Å². The summed E-state index contributed by atoms with van der Waals surface area (Å²) in [6.07, 6.45) is 7.07. The molecule has 1 aliphatic heterocycles. The van der Waals surface area contributed by atoms with Crippen LogP contribution in [0.3, 0.4) is 0 Å². The quantitative estimate of drug-likeness (QED) is 0.744. The van der Waals surface area contributed by atoms with E-state index in [-0.39, 0.29) is 12.0 Å². The number of benzene rings is 1. The summed E-state index contributed by atoms with van der Waals surface area (Å²) in [5, 5.41) is 8.88. The van der Waals surface area contributed by atoms with Crippen molar-refractivity contribution < 1.29 is 14.3 Å². The summed E-state index contributed by atoms with van der Waals surface area (Å²) in [5.74, 6) is 0.968. The first kappa shape index (κ1) is 17.8. The Hall–Kier alpha value is -2.06. The van der Waals surface area contributed by atoms with Crippen molar-refractivity contribution in [1.82, 2.24) is 4.90 Å². The van der Waals surface area contributed by atoms with Gasteiger partial charge in [0, 0.05) is 13.0 Å². The van der Waals surface area contributed by atoms with Gasteiger partial charge in [-0.25, -0.2) is 0 Å². The Balaban J connectivity index is 1.38. The molecule has 1 saturated heterocycles. The van der Waals surface area contributed by atoms with Crippen molar-refractivity contribution in [1.29, 1.82) is 5.26 Å². The number of carbonyl (C=O) groups excluding carboxylic acids is 1. The summed E-state index contributed by atoms with van der Waals surface area (Å²) in [6.45, 7) is 1.97. The number of nitriles is 1. The third kappa shape index (κ3) is 4.73. The van der Waals surface area contributed by atoms with Crippen molar-refractivity contribution in [3.05, 3.63) is 29.8 Å². The molecule has 1 aromatic carbocycles. The largest absolute Gasteiger partial charge is 0.494 e. The Morgan fingerprint density at radius 3 is 3.08 bits per heavy atom. The van der Waals surface area contributed by atoms with Crippen LogP contribution in [0.1, 0.15) is 50.5 Å². The summed E-state index contributed by atoms with van der Waals surface area (Å²) in [6, 6.07) is 9.55. The lowest BCUT2D eigenvalue weighted by Gasteiger charge is -2.43. The van der Waals surface area contributed by atoms with Gasteiger partial charge in [-0.05, 0) is 43.9 Å². The molecule has 0 spiro atoms. The zero-order valence-corrected chi connectivity index (χ0v) is 14.7. The zero-order valence-electron chi connectivity index (χ0n) is 14.7. The van der Waals surface area contributed by atoms with Gasteiger partial charge < -0.3 is 14.4 Å². The molecule has 0 bridgehead atoms. The minimum Gasteiger partial charge on any atom is -0.494 e. The normalized spacial score (nSPS) is 22.8. The van der Waals surface area contributed by atoms with E-state index in [1.807, 2.05) is 12.1 Å². The fourth-order valence-electron chi connectivity index (χ4n) is 3.77. The second kappa shape index (κ2) is 8.87. The number of hydrogen-bond donors (Lipinski definition) is 0. The van der Waals surface area contributed by atoms with Crippen LogP contribution in [-0.4, -0.2) is 42.7 Å². The topological polar surface area (TPSA) is 62.6 Å². The molecular weight excluding hydrogens is 316 g/mol. The Bertz CT molecular complexity index is 624. The molecule has 0 radical (unpaired) electrons. The number of nitrogens with zero attached hydrogens (tertiary/aromatic N) is 2. The van der Waals surface area contributed by atoms with E-state index in [0.717, 1.165) is 32.2 Å². The van der Waals surface area contributed by atoms with Crippen molar-refractivity contribution >= 4 is 5.91 Å². The van der Waals surface area contributed by atoms with Gasteiger partial charge in [0.15, 0.2) is 0 Å². The van der Waals surface area contributed by atoms with Crippen molar-refractivity contribution in [3.8, 4) is 11.8 Å². The van der Waals surface area contributed by atoms with Gasteiger partial charge in [-0.15, -0.1) is 0 Å². The minimum atomic E-state index is 0.252. The summed E-state index contributed by atoms with van der Waals surface area (Å²) in [4.78, 5) is 14.6. The summed E-state index contributed by atoms with van der Waals surface area (Å²) in [5.41, 5.74) is 0.599. The Morgan fingerprint density at radius 1 is 1.32 bits per heavy atom. The fourth-order valence-corrected chi connectivity index (χ4v) is 3.77. The van der Waals surface area contributed by atoms with Crippen LogP contribution in [0.5, 0.6) is 5.75 Å². The van der Waals surface area contributed by atoms with Crippen LogP contribution >= 0.6 is 0 Å². The van der Waals surface area contributed by atoms with E-state index in [2.05, 4.69) is 11.0 Å². The Morgan fingerprint density at radius 2 is 2.20 bits per heavy atom. The second-order valence-electron chi connectivity index (χ2n) is 6.79. The smallest absolute Gasteiger partial charge is 0.222 e. The molecule has 134 valence electrons. The van der Waals surface area contributed by atoms with E-state index in [0.29, 0.717) is 37.0 Å². The van der Waals surface area contributed by atoms with Crippen LogP contribution < -0.4 is 4.74 Å². The molecule has 0 aromatic heterocycles. The summed E-state index contributed by atoms with van der Waals surface area (Å²) < 4.78 is 11.5. The highest BCUT2D eigenvalue weighted by atomic mass is 16.5. The highest BCUT2D eigenvalue weighted by Crippen LogP contribution is 2.29. The maximum absolute atomic E-state index is 12.6. The van der Waals surface area contributed by atoms with Gasteiger partial charge in [-0.1, -0.05) is 18.9 Å². The van der Waals surface area contributed by atoms with Crippen molar-refractivity contribution in [2.45, 2.75) is 57.1 Å². The molecule has 5 nitrogen and oxygen atoms in total. The van der Waals surface area contributed by atoms with Crippen LogP contribution in [0.2, 0.25) is 0 Å². The number of ether oxygens (including phenoxy) is 2. The van der Waals surface area contributed by atoms with Crippen LogP contribution in [0.15, 0.2) is 24.3 Å². The van der Waals surface area contributed by atoms with Crippen molar-refractivity contribution in [3.63, 3.8) is 0 Å². The minimum absolute atomic E-state index is 0.252. The van der Waals surface area contributed by atoms with Gasteiger partial charge in [0.1, 0.15) is 5.75 Å². The SMILES string of the molecule is N#Cc1cccc(OCCCCC(=O)N2CCOC3CCCCC32)c1. The second-order valence-corrected chi connectivity index (χ2v) is 6.79. The third-order valence-electron chi connectivity index (χ3n) is 5.07. The molecule has 25 heavy (non-hydrogen) atoms. The predicted molar refractivity (Wildman–Crippen MR) is 94.2 cm³/mol. The average Bonchev–Trinajstić information content (AvgIpc) is 2.67. The molecule has 3 rings (SSSR count). The number of morpholine rings is 1. The molecule has 1 saturated carbocycles. The molecule has 0 N–H and O–H groups in total. The highest BCUT2D eigenvalue weighted by molar-refractivity contribution is 5.76. The first-order valence-corrected chi connectivity index (χ1v) is 9.32. The standard InChI is InChI=1S/C20H26N2O3/c21-15-16-6-5-7-17(14-16)24-12-4-3-10-20(23)22-11-13-25-19-9-2-1-8-18(19)22/h5-7,14,18-19H,1-4,8-13H2. The number of fused-ring (bicyclic) bond motifs is 1. The Labute approximate surface area is 149 Å². The maximum atomic E-state index is 12.6. The first-order chi connectivity index (χ1) is 12.3. The number of unbranched alkanes of at least 4 members (excludes halogenated alkanes) is 1. The van der Waals surface area contributed by atoms with Crippen LogP contribution in [-0.2, 0) is 9.53 Å².